The number of aromatic nitrogens is 5. The van der Waals surface area contributed by atoms with Gasteiger partial charge in [0.25, 0.3) is 0 Å². The van der Waals surface area contributed by atoms with Crippen molar-refractivity contribution >= 4 is 16.6 Å². The molecule has 1 aliphatic heterocycles. The molecule has 0 spiro atoms. The fourth-order valence-electron chi connectivity index (χ4n) is 5.86. The highest BCUT2D eigenvalue weighted by atomic mass is 19.1. The van der Waals surface area contributed by atoms with Crippen LogP contribution in [0.3, 0.4) is 0 Å². The molecule has 0 radical (unpaired) electrons. The average molecular weight is 529 g/mol. The van der Waals surface area contributed by atoms with E-state index in [0.717, 1.165) is 62.2 Å². The summed E-state index contributed by atoms with van der Waals surface area (Å²) in [5.74, 6) is -0.172. The summed E-state index contributed by atoms with van der Waals surface area (Å²) in [6.07, 6.45) is 9.61. The van der Waals surface area contributed by atoms with Gasteiger partial charge >= 0.3 is 0 Å². The molecule has 0 amide bonds. The van der Waals surface area contributed by atoms with Gasteiger partial charge in [0.15, 0.2) is 5.65 Å². The number of pyridine rings is 2. The molecule has 0 aliphatic carbocycles. The van der Waals surface area contributed by atoms with Crippen LogP contribution in [0.1, 0.15) is 31.0 Å². The van der Waals surface area contributed by atoms with Gasteiger partial charge < -0.3 is 0 Å². The molecule has 7 rings (SSSR count). The summed E-state index contributed by atoms with van der Waals surface area (Å²) in [5.41, 5.74) is 8.92. The van der Waals surface area contributed by atoms with Crippen LogP contribution in [0, 0.1) is 12.7 Å². The number of fused-ring (bicyclic) bond motifs is 2. The Kier molecular flexibility index (Phi) is 6.09. The second-order valence-electron chi connectivity index (χ2n) is 10.7. The number of halogens is 1. The van der Waals surface area contributed by atoms with E-state index < -0.39 is 0 Å². The minimum absolute atomic E-state index is 0.172. The van der Waals surface area contributed by atoms with Gasteiger partial charge in [-0.3, -0.25) is 14.9 Å². The van der Waals surface area contributed by atoms with E-state index in [-0.39, 0.29) is 5.82 Å². The molecule has 7 heteroatoms. The maximum atomic E-state index is 15.2. The van der Waals surface area contributed by atoms with E-state index in [1.807, 2.05) is 60.2 Å². The van der Waals surface area contributed by atoms with Crippen molar-refractivity contribution in [2.75, 3.05) is 6.54 Å². The fraction of sp³-hybridized carbons (Fsp3) is 0.212. The molecular formula is C33H29FN6. The molecule has 6 nitrogen and oxygen atoms in total. The Morgan fingerprint density at radius 2 is 1.73 bits per heavy atom. The molecule has 0 bridgehead atoms. The molecule has 4 aromatic heterocycles. The Labute approximate surface area is 232 Å². The normalized spacial score (nSPS) is 15.8. The highest BCUT2D eigenvalue weighted by molar-refractivity contribution is 5.96. The highest BCUT2D eigenvalue weighted by Crippen LogP contribution is 2.33. The predicted molar refractivity (Wildman–Crippen MR) is 156 cm³/mol. The van der Waals surface area contributed by atoms with Crippen LogP contribution in [0.15, 0.2) is 85.5 Å². The second-order valence-corrected chi connectivity index (χ2v) is 10.7. The maximum Gasteiger partial charge on any atom is 0.154 e. The molecule has 1 aliphatic rings. The zero-order valence-electron chi connectivity index (χ0n) is 22.5. The number of benzene rings is 2. The van der Waals surface area contributed by atoms with Crippen molar-refractivity contribution in [3.8, 4) is 33.5 Å². The van der Waals surface area contributed by atoms with E-state index >= 15 is 4.39 Å². The van der Waals surface area contributed by atoms with E-state index in [9.17, 15) is 0 Å². The van der Waals surface area contributed by atoms with Crippen molar-refractivity contribution in [1.82, 2.24) is 29.5 Å². The first-order valence-electron chi connectivity index (χ1n) is 13.7. The molecule has 6 aromatic rings. The Morgan fingerprint density at radius 3 is 2.52 bits per heavy atom. The largest absolute Gasteiger partial charge is 0.296 e. The van der Waals surface area contributed by atoms with Crippen LogP contribution >= 0.6 is 0 Å². The Balaban J connectivity index is 1.24. The monoisotopic (exact) mass is 528 g/mol. The molecule has 1 saturated heterocycles. The van der Waals surface area contributed by atoms with Gasteiger partial charge in [-0.1, -0.05) is 24.3 Å². The van der Waals surface area contributed by atoms with Crippen molar-refractivity contribution in [3.63, 3.8) is 0 Å². The summed E-state index contributed by atoms with van der Waals surface area (Å²) in [7, 11) is 0. The van der Waals surface area contributed by atoms with Crippen molar-refractivity contribution in [2.45, 2.75) is 39.3 Å². The summed E-state index contributed by atoms with van der Waals surface area (Å²) < 4.78 is 17.1. The molecule has 0 saturated carbocycles. The van der Waals surface area contributed by atoms with Crippen LogP contribution in [0.5, 0.6) is 0 Å². The number of nitrogens with zero attached hydrogens (tertiary/aromatic N) is 6. The number of hydrogen-bond donors (Lipinski definition) is 0. The van der Waals surface area contributed by atoms with Crippen LogP contribution in [0.25, 0.3) is 50.1 Å². The van der Waals surface area contributed by atoms with E-state index in [1.54, 1.807) is 18.5 Å². The van der Waals surface area contributed by atoms with Gasteiger partial charge in [0, 0.05) is 53.3 Å². The molecule has 1 fully saturated rings. The lowest BCUT2D eigenvalue weighted by molar-refractivity contribution is 0.257. The van der Waals surface area contributed by atoms with Crippen LogP contribution in [-0.4, -0.2) is 42.1 Å². The Bertz CT molecular complexity index is 1860. The average Bonchev–Trinajstić information content (AvgIpc) is 3.58. The summed E-state index contributed by atoms with van der Waals surface area (Å²) in [4.78, 5) is 15.8. The molecule has 40 heavy (non-hydrogen) atoms. The maximum absolute atomic E-state index is 15.2. The van der Waals surface area contributed by atoms with Gasteiger partial charge in [-0.15, -0.1) is 0 Å². The highest BCUT2D eigenvalue weighted by Gasteiger charge is 2.22. The van der Waals surface area contributed by atoms with E-state index in [0.29, 0.717) is 18.2 Å². The topological polar surface area (TPSA) is 59.2 Å². The smallest absolute Gasteiger partial charge is 0.154 e. The van der Waals surface area contributed by atoms with Gasteiger partial charge in [-0.25, -0.2) is 13.9 Å². The lowest BCUT2D eigenvalue weighted by Gasteiger charge is -2.21. The SMILES string of the molecule is Cc1nn2c(-c3ccnc4cc(-c5ccncc5)ccc34)cnc2cc1-c1ccc(CN2CCCC2C)c(F)c1. The van der Waals surface area contributed by atoms with E-state index in [1.165, 1.54) is 12.8 Å². The van der Waals surface area contributed by atoms with Crippen molar-refractivity contribution in [1.29, 1.82) is 0 Å². The quantitative estimate of drug-likeness (QED) is 0.239. The van der Waals surface area contributed by atoms with Gasteiger partial charge in [-0.05, 0) is 86.3 Å². The van der Waals surface area contributed by atoms with Gasteiger partial charge in [-0.2, -0.15) is 5.10 Å². The van der Waals surface area contributed by atoms with Crippen LogP contribution in [0.4, 0.5) is 4.39 Å². The van der Waals surface area contributed by atoms with Crippen molar-refractivity contribution in [3.05, 3.63) is 103 Å². The van der Waals surface area contributed by atoms with Crippen molar-refractivity contribution < 1.29 is 4.39 Å². The second kappa shape index (κ2) is 9.92. The third kappa shape index (κ3) is 4.32. The summed E-state index contributed by atoms with van der Waals surface area (Å²) >= 11 is 0. The molecule has 0 N–H and O–H groups in total. The molecule has 2 aromatic carbocycles. The third-order valence-corrected chi connectivity index (χ3v) is 8.14. The molecular weight excluding hydrogens is 499 g/mol. The standard InChI is InChI=1S/C33H29FN6/c1-21-4-3-15-39(21)20-26-6-5-25(16-30(26)34)29-18-33-37-19-32(40(33)38-22(29)2)28-11-14-36-31-17-24(7-8-27(28)31)23-9-12-35-13-10-23/h5-14,16-19,21H,3-4,15,20H2,1-2H3. The first kappa shape index (κ1) is 24.5. The number of aryl methyl sites for hydroxylation is 1. The number of hydrogen-bond acceptors (Lipinski definition) is 5. The van der Waals surface area contributed by atoms with Crippen molar-refractivity contribution in [2.24, 2.45) is 0 Å². The Morgan fingerprint density at radius 1 is 0.875 bits per heavy atom. The molecule has 1 unspecified atom stereocenters. The summed E-state index contributed by atoms with van der Waals surface area (Å²) in [6.45, 7) is 5.86. The third-order valence-electron chi connectivity index (χ3n) is 8.14. The zero-order valence-corrected chi connectivity index (χ0v) is 22.5. The molecule has 1 atom stereocenters. The zero-order chi connectivity index (χ0) is 27.2. The fourth-order valence-corrected chi connectivity index (χ4v) is 5.86. The first-order valence-corrected chi connectivity index (χ1v) is 13.7. The van der Waals surface area contributed by atoms with Crippen LogP contribution < -0.4 is 0 Å². The van der Waals surface area contributed by atoms with Gasteiger partial charge in [0.1, 0.15) is 5.82 Å². The lowest BCUT2D eigenvalue weighted by Crippen LogP contribution is -2.26. The number of rotatable bonds is 5. The minimum atomic E-state index is -0.172. The van der Waals surface area contributed by atoms with E-state index in [2.05, 4.69) is 45.0 Å². The van der Waals surface area contributed by atoms with Gasteiger partial charge in [0.05, 0.1) is 23.1 Å². The lowest BCUT2D eigenvalue weighted by atomic mass is 10.0. The summed E-state index contributed by atoms with van der Waals surface area (Å²) in [5, 5.41) is 5.93. The Hall–Kier alpha value is -4.49. The summed E-state index contributed by atoms with van der Waals surface area (Å²) in [6, 6.07) is 20.3. The minimum Gasteiger partial charge on any atom is -0.296 e. The first-order chi connectivity index (χ1) is 19.5. The van der Waals surface area contributed by atoms with E-state index in [4.69, 9.17) is 5.10 Å². The number of likely N-dealkylation sites (tertiary alicyclic amines) is 1. The molecule has 198 valence electrons. The predicted octanol–water partition coefficient (Wildman–Crippen LogP) is 7.11. The molecule has 5 heterocycles. The van der Waals surface area contributed by atoms with Gasteiger partial charge in [0.2, 0.25) is 0 Å². The van der Waals surface area contributed by atoms with Crippen LogP contribution in [0.2, 0.25) is 0 Å². The number of imidazole rings is 1. The van der Waals surface area contributed by atoms with Crippen LogP contribution in [-0.2, 0) is 6.54 Å².